The summed E-state index contributed by atoms with van der Waals surface area (Å²) in [6.07, 6.45) is 0. The van der Waals surface area contributed by atoms with Gasteiger partial charge in [-0.05, 0) is 35.4 Å². The third-order valence-corrected chi connectivity index (χ3v) is 5.42. The van der Waals surface area contributed by atoms with E-state index < -0.39 is 17.9 Å². The number of para-hydroxylation sites is 1. The smallest absolute Gasteiger partial charge is 0.261 e. The van der Waals surface area contributed by atoms with Crippen molar-refractivity contribution in [1.82, 2.24) is 10.2 Å². The topological polar surface area (TPSA) is 78.9 Å². The molecule has 0 aromatic heterocycles. The Bertz CT molecular complexity index is 1060. The zero-order valence-electron chi connectivity index (χ0n) is 17.8. The Morgan fingerprint density at radius 2 is 1.61 bits per heavy atom. The van der Waals surface area contributed by atoms with Gasteiger partial charge >= 0.3 is 0 Å². The van der Waals surface area contributed by atoms with Crippen molar-refractivity contribution in [2.45, 2.75) is 12.6 Å². The van der Waals surface area contributed by atoms with Crippen LogP contribution in [0.15, 0.2) is 78.9 Å². The maximum absolute atomic E-state index is 13.4. The second kappa shape index (κ2) is 12.3. The van der Waals surface area contributed by atoms with E-state index in [2.05, 4.69) is 5.32 Å². The number of nitrogens with one attached hydrogen (secondary N) is 1. The quantitative estimate of drug-likeness (QED) is 0.448. The number of carbonyl (C=O) groups excluding carboxylic acids is 2. The zero-order chi connectivity index (χ0) is 23.6. The van der Waals surface area contributed by atoms with Gasteiger partial charge in [-0.1, -0.05) is 77.8 Å². The van der Waals surface area contributed by atoms with E-state index in [0.29, 0.717) is 21.4 Å². The highest BCUT2D eigenvalue weighted by atomic mass is 35.5. The van der Waals surface area contributed by atoms with Crippen LogP contribution in [-0.4, -0.2) is 41.6 Å². The van der Waals surface area contributed by atoms with Crippen LogP contribution in [0.2, 0.25) is 10.0 Å². The van der Waals surface area contributed by atoms with E-state index in [1.807, 2.05) is 6.07 Å². The Hall–Kier alpha value is -3.06. The first-order valence-electron chi connectivity index (χ1n) is 10.3. The Labute approximate surface area is 202 Å². The van der Waals surface area contributed by atoms with Crippen LogP contribution in [0.5, 0.6) is 5.75 Å². The van der Waals surface area contributed by atoms with Gasteiger partial charge in [0.05, 0.1) is 11.6 Å². The minimum Gasteiger partial charge on any atom is -0.482 e. The summed E-state index contributed by atoms with van der Waals surface area (Å²) < 4.78 is 5.67. The van der Waals surface area contributed by atoms with Crippen molar-refractivity contribution in [3.8, 4) is 5.75 Å². The van der Waals surface area contributed by atoms with Gasteiger partial charge in [0, 0.05) is 18.1 Å². The Morgan fingerprint density at radius 3 is 2.27 bits per heavy atom. The first-order chi connectivity index (χ1) is 16.0. The van der Waals surface area contributed by atoms with E-state index in [4.69, 9.17) is 27.9 Å². The molecule has 0 unspecified atom stereocenters. The van der Waals surface area contributed by atoms with Gasteiger partial charge in [0.1, 0.15) is 11.8 Å². The highest BCUT2D eigenvalue weighted by molar-refractivity contribution is 6.32. The molecule has 33 heavy (non-hydrogen) atoms. The fraction of sp³-hybridized carbons (Fsp3) is 0.200. The number of ether oxygens (including phenoxy) is 1. The van der Waals surface area contributed by atoms with E-state index in [0.717, 1.165) is 5.56 Å². The van der Waals surface area contributed by atoms with Crippen LogP contribution in [-0.2, 0) is 16.1 Å². The third-order valence-electron chi connectivity index (χ3n) is 4.86. The number of benzene rings is 3. The summed E-state index contributed by atoms with van der Waals surface area (Å²) >= 11 is 12.2. The second-order valence-corrected chi connectivity index (χ2v) is 8.04. The van der Waals surface area contributed by atoms with Gasteiger partial charge in [-0.25, -0.2) is 0 Å². The molecule has 0 bridgehead atoms. The summed E-state index contributed by atoms with van der Waals surface area (Å²) in [4.78, 5) is 28.0. The number of halogens is 2. The van der Waals surface area contributed by atoms with E-state index in [9.17, 15) is 14.7 Å². The molecule has 3 rings (SSSR count). The molecule has 1 atom stereocenters. The highest BCUT2D eigenvalue weighted by Crippen LogP contribution is 2.26. The molecule has 6 nitrogen and oxygen atoms in total. The van der Waals surface area contributed by atoms with Gasteiger partial charge in [0.15, 0.2) is 6.61 Å². The zero-order valence-corrected chi connectivity index (χ0v) is 19.3. The van der Waals surface area contributed by atoms with Crippen LogP contribution in [0.25, 0.3) is 0 Å². The lowest BCUT2D eigenvalue weighted by Gasteiger charge is -2.31. The second-order valence-electron chi connectivity index (χ2n) is 7.20. The van der Waals surface area contributed by atoms with Crippen molar-refractivity contribution in [2.75, 3.05) is 19.8 Å². The lowest BCUT2D eigenvalue weighted by atomic mass is 10.0. The number of hydrogen-bond donors (Lipinski definition) is 2. The summed E-state index contributed by atoms with van der Waals surface area (Å²) in [5, 5.41) is 12.8. The third kappa shape index (κ3) is 6.96. The van der Waals surface area contributed by atoms with E-state index in [1.54, 1.807) is 72.8 Å². The van der Waals surface area contributed by atoms with Crippen molar-refractivity contribution in [3.05, 3.63) is 100 Å². The summed E-state index contributed by atoms with van der Waals surface area (Å²) in [7, 11) is 0. The predicted molar refractivity (Wildman–Crippen MR) is 128 cm³/mol. The molecule has 2 amide bonds. The number of amides is 2. The first kappa shape index (κ1) is 24.6. The number of carbonyl (C=O) groups is 2. The maximum atomic E-state index is 13.4. The van der Waals surface area contributed by atoms with Crippen LogP contribution in [0.3, 0.4) is 0 Å². The van der Waals surface area contributed by atoms with Crippen LogP contribution in [0.1, 0.15) is 17.2 Å². The SMILES string of the molecule is O=C(NCCO)[C@@H](c1ccccc1)N(Cc1ccc(Cl)cc1)C(=O)COc1ccccc1Cl. The molecule has 0 aliphatic carbocycles. The van der Waals surface area contributed by atoms with Crippen LogP contribution in [0, 0.1) is 0 Å². The van der Waals surface area contributed by atoms with Crippen molar-refractivity contribution in [2.24, 2.45) is 0 Å². The highest BCUT2D eigenvalue weighted by Gasteiger charge is 2.31. The fourth-order valence-corrected chi connectivity index (χ4v) is 3.59. The van der Waals surface area contributed by atoms with Gasteiger partial charge in [-0.3, -0.25) is 9.59 Å². The molecular weight excluding hydrogens is 463 g/mol. The lowest BCUT2D eigenvalue weighted by molar-refractivity contribution is -0.143. The van der Waals surface area contributed by atoms with Crippen LogP contribution < -0.4 is 10.1 Å². The van der Waals surface area contributed by atoms with Gasteiger partial charge in [-0.2, -0.15) is 0 Å². The molecule has 2 N–H and O–H groups in total. The van der Waals surface area contributed by atoms with Crippen molar-refractivity contribution < 1.29 is 19.4 Å². The summed E-state index contributed by atoms with van der Waals surface area (Å²) in [5.41, 5.74) is 1.43. The standard InChI is InChI=1S/C25H24Cl2N2O4/c26-20-12-10-18(11-13-20)16-29(23(31)17-33-22-9-5-4-8-21(22)27)24(25(32)28-14-15-30)19-6-2-1-3-7-19/h1-13,24,30H,14-17H2,(H,28,32)/t24-/m1/s1. The molecular formula is C25H24Cl2N2O4. The lowest BCUT2D eigenvalue weighted by Crippen LogP contribution is -2.45. The molecule has 0 aliphatic heterocycles. The molecule has 3 aromatic rings. The summed E-state index contributed by atoms with van der Waals surface area (Å²) in [6, 6.07) is 22.0. The average Bonchev–Trinajstić information content (AvgIpc) is 2.83. The molecule has 0 aliphatic rings. The van der Waals surface area contributed by atoms with Crippen molar-refractivity contribution >= 4 is 35.0 Å². The van der Waals surface area contributed by atoms with Gasteiger partial charge in [-0.15, -0.1) is 0 Å². The first-order valence-corrected chi connectivity index (χ1v) is 11.1. The van der Waals surface area contributed by atoms with E-state index in [-0.39, 0.29) is 26.3 Å². The predicted octanol–water partition coefficient (Wildman–Crippen LogP) is 4.25. The minimum atomic E-state index is -0.934. The van der Waals surface area contributed by atoms with Crippen molar-refractivity contribution in [3.63, 3.8) is 0 Å². The monoisotopic (exact) mass is 486 g/mol. The van der Waals surface area contributed by atoms with Crippen LogP contribution >= 0.6 is 23.2 Å². The van der Waals surface area contributed by atoms with Crippen molar-refractivity contribution in [1.29, 1.82) is 0 Å². The number of aliphatic hydroxyl groups is 1. The van der Waals surface area contributed by atoms with E-state index in [1.165, 1.54) is 4.90 Å². The molecule has 0 saturated heterocycles. The summed E-state index contributed by atoms with van der Waals surface area (Å²) in [6.45, 7) is -0.308. The largest absolute Gasteiger partial charge is 0.482 e. The van der Waals surface area contributed by atoms with Crippen LogP contribution in [0.4, 0.5) is 0 Å². The Kier molecular flexibility index (Phi) is 9.13. The molecule has 0 saturated carbocycles. The summed E-state index contributed by atoms with van der Waals surface area (Å²) in [5.74, 6) is -0.437. The number of hydrogen-bond acceptors (Lipinski definition) is 4. The minimum absolute atomic E-state index is 0.0707. The average molecular weight is 487 g/mol. The molecule has 0 spiro atoms. The maximum Gasteiger partial charge on any atom is 0.261 e. The van der Waals surface area contributed by atoms with Gasteiger partial charge < -0.3 is 20.1 Å². The number of nitrogens with zero attached hydrogens (tertiary/aromatic N) is 1. The molecule has 0 heterocycles. The number of aliphatic hydroxyl groups excluding tert-OH is 1. The number of rotatable bonds is 10. The van der Waals surface area contributed by atoms with Gasteiger partial charge in [0.2, 0.25) is 5.91 Å². The Morgan fingerprint density at radius 1 is 0.939 bits per heavy atom. The molecule has 0 fully saturated rings. The molecule has 3 aromatic carbocycles. The Balaban J connectivity index is 1.93. The normalized spacial score (nSPS) is 11.5. The molecule has 172 valence electrons. The van der Waals surface area contributed by atoms with E-state index >= 15 is 0 Å². The van der Waals surface area contributed by atoms with Gasteiger partial charge in [0.25, 0.3) is 5.91 Å². The molecule has 8 heteroatoms. The molecule has 0 radical (unpaired) electrons. The fourth-order valence-electron chi connectivity index (χ4n) is 3.28.